The number of hydrogen-bond acceptors (Lipinski definition) is 4. The fourth-order valence-electron chi connectivity index (χ4n) is 2.76. The van der Waals surface area contributed by atoms with Crippen LogP contribution in [0.5, 0.6) is 0 Å². The summed E-state index contributed by atoms with van der Waals surface area (Å²) in [5, 5.41) is 9.38. The maximum atomic E-state index is 12.8. The molecule has 24 heavy (non-hydrogen) atoms. The van der Waals surface area contributed by atoms with E-state index in [1.807, 2.05) is 0 Å². The van der Waals surface area contributed by atoms with Crippen LogP contribution in [0.4, 0.5) is 5.69 Å². The average molecular weight is 354 g/mol. The smallest absolute Gasteiger partial charge is 0.311 e. The number of carboxylic acid groups (broad SMARTS) is 1. The molecular formula is C16H22N2O5S. The highest BCUT2D eigenvalue weighted by Crippen LogP contribution is 2.31. The zero-order valence-corrected chi connectivity index (χ0v) is 14.6. The van der Waals surface area contributed by atoms with Crippen molar-refractivity contribution >= 4 is 27.6 Å². The Balaban J connectivity index is 2.29. The van der Waals surface area contributed by atoms with Crippen molar-refractivity contribution in [1.29, 1.82) is 0 Å². The molecule has 0 spiro atoms. The lowest BCUT2D eigenvalue weighted by Crippen LogP contribution is -2.48. The minimum Gasteiger partial charge on any atom is -0.481 e. The predicted octanol–water partition coefficient (Wildman–Crippen LogP) is 1.78. The highest BCUT2D eigenvalue weighted by Gasteiger charge is 2.39. The Bertz CT molecular complexity index is 747. The molecular weight excluding hydrogens is 332 g/mol. The minimum absolute atomic E-state index is 0.101. The van der Waals surface area contributed by atoms with Gasteiger partial charge in [-0.2, -0.15) is 0 Å². The second kappa shape index (κ2) is 6.80. The number of aliphatic carboxylic acids is 1. The molecule has 1 aromatic carbocycles. The molecule has 1 aromatic rings. The van der Waals surface area contributed by atoms with Crippen LogP contribution in [-0.4, -0.2) is 49.1 Å². The molecule has 0 aromatic heterocycles. The van der Waals surface area contributed by atoms with Crippen LogP contribution in [0, 0.1) is 5.41 Å². The lowest BCUT2D eigenvalue weighted by atomic mass is 9.82. The van der Waals surface area contributed by atoms with Crippen molar-refractivity contribution in [2.75, 3.05) is 23.6 Å². The first-order valence-corrected chi connectivity index (χ1v) is 9.46. The SMILES string of the molecule is CCS(=O)(=O)Nc1ccccc1C(=O)N1CCCC(C)(C(=O)O)C1. The van der Waals surface area contributed by atoms with E-state index in [1.165, 1.54) is 17.9 Å². The molecule has 0 saturated carbocycles. The van der Waals surface area contributed by atoms with Crippen LogP contribution in [0.15, 0.2) is 24.3 Å². The number of nitrogens with one attached hydrogen (secondary N) is 1. The van der Waals surface area contributed by atoms with E-state index < -0.39 is 21.4 Å². The number of amides is 1. The van der Waals surface area contributed by atoms with Gasteiger partial charge in [0.2, 0.25) is 10.0 Å². The third-order valence-electron chi connectivity index (χ3n) is 4.30. The lowest BCUT2D eigenvalue weighted by molar-refractivity contribution is -0.150. The summed E-state index contributed by atoms with van der Waals surface area (Å²) in [5.74, 6) is -1.40. The maximum Gasteiger partial charge on any atom is 0.311 e. The number of carboxylic acids is 1. The summed E-state index contributed by atoms with van der Waals surface area (Å²) in [7, 11) is -3.51. The highest BCUT2D eigenvalue weighted by molar-refractivity contribution is 7.92. The fourth-order valence-corrected chi connectivity index (χ4v) is 3.41. The molecule has 1 unspecified atom stereocenters. The lowest BCUT2D eigenvalue weighted by Gasteiger charge is -2.37. The van der Waals surface area contributed by atoms with E-state index in [1.54, 1.807) is 25.1 Å². The van der Waals surface area contributed by atoms with Gasteiger partial charge in [-0.05, 0) is 38.8 Å². The van der Waals surface area contributed by atoms with Gasteiger partial charge in [0.05, 0.1) is 22.4 Å². The Kier molecular flexibility index (Phi) is 5.17. The molecule has 0 bridgehead atoms. The molecule has 1 atom stereocenters. The molecule has 1 saturated heterocycles. The van der Waals surface area contributed by atoms with E-state index in [-0.39, 0.29) is 29.5 Å². The number of piperidine rings is 1. The summed E-state index contributed by atoms with van der Waals surface area (Å²) in [5.41, 5.74) is -0.540. The van der Waals surface area contributed by atoms with Gasteiger partial charge in [0.1, 0.15) is 0 Å². The van der Waals surface area contributed by atoms with E-state index in [0.29, 0.717) is 19.4 Å². The standard InChI is InChI=1S/C16H22N2O5S/c1-3-24(22,23)17-13-8-5-4-7-12(13)14(19)18-10-6-9-16(2,11-18)15(20)21/h4-5,7-8,17H,3,6,9-11H2,1-2H3,(H,20,21). The van der Waals surface area contributed by atoms with Crippen LogP contribution in [0.2, 0.25) is 0 Å². The Morgan fingerprint density at radius 1 is 1.33 bits per heavy atom. The first-order valence-electron chi connectivity index (χ1n) is 7.81. The summed E-state index contributed by atoms with van der Waals surface area (Å²) in [6.07, 6.45) is 1.10. The first kappa shape index (κ1) is 18.3. The van der Waals surface area contributed by atoms with E-state index >= 15 is 0 Å². The molecule has 132 valence electrons. The molecule has 1 heterocycles. The summed E-state index contributed by atoms with van der Waals surface area (Å²) < 4.78 is 26.0. The zero-order valence-electron chi connectivity index (χ0n) is 13.8. The second-order valence-corrected chi connectivity index (χ2v) is 8.26. The second-order valence-electron chi connectivity index (χ2n) is 6.25. The molecule has 1 aliphatic rings. The Morgan fingerprint density at radius 2 is 2.00 bits per heavy atom. The van der Waals surface area contributed by atoms with Gasteiger partial charge in [-0.1, -0.05) is 12.1 Å². The molecule has 2 rings (SSSR count). The summed E-state index contributed by atoms with van der Waals surface area (Å²) in [6.45, 7) is 3.70. The van der Waals surface area contributed by atoms with E-state index in [0.717, 1.165) is 0 Å². The molecule has 8 heteroatoms. The predicted molar refractivity (Wildman–Crippen MR) is 90.4 cm³/mol. The zero-order chi connectivity index (χ0) is 18.0. The van der Waals surface area contributed by atoms with Gasteiger partial charge >= 0.3 is 5.97 Å². The highest BCUT2D eigenvalue weighted by atomic mass is 32.2. The van der Waals surface area contributed by atoms with E-state index in [4.69, 9.17) is 0 Å². The number of para-hydroxylation sites is 1. The van der Waals surface area contributed by atoms with Gasteiger partial charge in [-0.15, -0.1) is 0 Å². The van der Waals surface area contributed by atoms with Crippen molar-refractivity contribution in [1.82, 2.24) is 4.90 Å². The average Bonchev–Trinajstić information content (AvgIpc) is 2.54. The molecule has 1 fully saturated rings. The van der Waals surface area contributed by atoms with E-state index in [9.17, 15) is 23.1 Å². The number of sulfonamides is 1. The van der Waals surface area contributed by atoms with Crippen LogP contribution in [0.1, 0.15) is 37.0 Å². The van der Waals surface area contributed by atoms with Gasteiger partial charge in [0.25, 0.3) is 5.91 Å². The summed E-state index contributed by atoms with van der Waals surface area (Å²) in [6, 6.07) is 6.36. The number of anilines is 1. The van der Waals surface area contributed by atoms with Crippen LogP contribution in [0.3, 0.4) is 0 Å². The number of likely N-dealkylation sites (tertiary alicyclic amines) is 1. The van der Waals surface area contributed by atoms with Gasteiger partial charge < -0.3 is 10.0 Å². The molecule has 0 aliphatic carbocycles. The van der Waals surface area contributed by atoms with Gasteiger partial charge in [0, 0.05) is 13.1 Å². The van der Waals surface area contributed by atoms with Gasteiger partial charge in [-0.25, -0.2) is 8.42 Å². The quantitative estimate of drug-likeness (QED) is 0.839. The van der Waals surface area contributed by atoms with Crippen molar-refractivity contribution in [3.8, 4) is 0 Å². The number of nitrogens with zero attached hydrogens (tertiary/aromatic N) is 1. The van der Waals surface area contributed by atoms with Crippen molar-refractivity contribution in [2.24, 2.45) is 5.41 Å². The van der Waals surface area contributed by atoms with Crippen molar-refractivity contribution < 1.29 is 23.1 Å². The van der Waals surface area contributed by atoms with Gasteiger partial charge in [0.15, 0.2) is 0 Å². The third-order valence-corrected chi connectivity index (χ3v) is 5.59. The van der Waals surface area contributed by atoms with Gasteiger partial charge in [-0.3, -0.25) is 14.3 Å². The number of carbonyl (C=O) groups is 2. The van der Waals surface area contributed by atoms with Crippen molar-refractivity contribution in [3.63, 3.8) is 0 Å². The first-order chi connectivity index (χ1) is 11.2. The largest absolute Gasteiger partial charge is 0.481 e. The van der Waals surface area contributed by atoms with E-state index in [2.05, 4.69) is 4.72 Å². The monoisotopic (exact) mass is 354 g/mol. The normalized spacial score (nSPS) is 21.3. The molecule has 1 amide bonds. The Hall–Kier alpha value is -2.09. The third kappa shape index (κ3) is 3.87. The molecule has 2 N–H and O–H groups in total. The fraction of sp³-hybridized carbons (Fsp3) is 0.500. The number of carbonyl (C=O) groups excluding carboxylic acids is 1. The molecule has 1 aliphatic heterocycles. The van der Waals surface area contributed by atoms with Crippen LogP contribution in [-0.2, 0) is 14.8 Å². The molecule has 0 radical (unpaired) electrons. The van der Waals surface area contributed by atoms with Crippen LogP contribution < -0.4 is 4.72 Å². The van der Waals surface area contributed by atoms with Crippen molar-refractivity contribution in [2.45, 2.75) is 26.7 Å². The Labute approximate surface area is 141 Å². The minimum atomic E-state index is -3.51. The summed E-state index contributed by atoms with van der Waals surface area (Å²) in [4.78, 5) is 25.7. The number of hydrogen-bond donors (Lipinski definition) is 2. The molecule has 7 nitrogen and oxygen atoms in total. The number of benzene rings is 1. The maximum absolute atomic E-state index is 12.8. The van der Waals surface area contributed by atoms with Crippen LogP contribution in [0.25, 0.3) is 0 Å². The van der Waals surface area contributed by atoms with Crippen molar-refractivity contribution in [3.05, 3.63) is 29.8 Å². The summed E-state index contributed by atoms with van der Waals surface area (Å²) >= 11 is 0. The number of rotatable bonds is 5. The Morgan fingerprint density at radius 3 is 2.62 bits per heavy atom. The topological polar surface area (TPSA) is 104 Å². The van der Waals surface area contributed by atoms with Crippen LogP contribution >= 0.6 is 0 Å².